The van der Waals surface area contributed by atoms with Gasteiger partial charge in [-0.05, 0) is 44.4 Å². The maximum absolute atomic E-state index is 12.6. The summed E-state index contributed by atoms with van der Waals surface area (Å²) in [7, 11) is 1.80. The van der Waals surface area contributed by atoms with Crippen LogP contribution in [0.1, 0.15) is 29.8 Å². The van der Waals surface area contributed by atoms with Gasteiger partial charge in [-0.3, -0.25) is 9.79 Å². The number of nitrogens with one attached hydrogen (secondary N) is 1. The second-order valence-corrected chi connectivity index (χ2v) is 8.18. The van der Waals surface area contributed by atoms with E-state index in [0.717, 1.165) is 54.5 Å². The van der Waals surface area contributed by atoms with Crippen LogP contribution in [-0.2, 0) is 16.1 Å². The molecule has 4 rings (SSSR count). The van der Waals surface area contributed by atoms with Gasteiger partial charge in [-0.25, -0.2) is 4.68 Å². The highest BCUT2D eigenvalue weighted by Gasteiger charge is 2.30. The Morgan fingerprint density at radius 3 is 2.58 bits per heavy atom. The summed E-state index contributed by atoms with van der Waals surface area (Å²) in [5.74, 6) is 0.992. The number of guanidine groups is 1. The number of aryl methyl sites for hydroxylation is 2. The fourth-order valence-corrected chi connectivity index (χ4v) is 4.36. The maximum Gasteiger partial charge on any atom is 0.251 e. The molecule has 8 nitrogen and oxygen atoms in total. The van der Waals surface area contributed by atoms with Crippen molar-refractivity contribution in [2.24, 2.45) is 4.99 Å². The van der Waals surface area contributed by atoms with Gasteiger partial charge >= 0.3 is 0 Å². The van der Waals surface area contributed by atoms with Gasteiger partial charge in [0.15, 0.2) is 5.96 Å². The molecule has 166 valence electrons. The summed E-state index contributed by atoms with van der Waals surface area (Å²) in [5, 5.41) is 8.13. The van der Waals surface area contributed by atoms with E-state index in [9.17, 15) is 4.79 Å². The average Bonchev–Trinajstić information content (AvgIpc) is 3.44. The number of rotatable bonds is 4. The number of hydrogen-bond acceptors (Lipinski definition) is 4. The Bertz CT molecular complexity index is 939. The second kappa shape index (κ2) is 9.51. The van der Waals surface area contributed by atoms with Crippen molar-refractivity contribution in [3.63, 3.8) is 0 Å². The average molecular weight is 425 g/mol. The highest BCUT2D eigenvalue weighted by Crippen LogP contribution is 2.18. The van der Waals surface area contributed by atoms with Crippen molar-refractivity contribution in [3.05, 3.63) is 47.3 Å². The second-order valence-electron chi connectivity index (χ2n) is 8.18. The van der Waals surface area contributed by atoms with E-state index >= 15 is 0 Å². The monoisotopic (exact) mass is 424 g/mol. The quantitative estimate of drug-likeness (QED) is 0.599. The molecule has 31 heavy (non-hydrogen) atoms. The van der Waals surface area contributed by atoms with Gasteiger partial charge < -0.3 is 19.9 Å². The zero-order chi connectivity index (χ0) is 21.8. The third-order valence-corrected chi connectivity index (χ3v) is 5.97. The summed E-state index contributed by atoms with van der Waals surface area (Å²) in [4.78, 5) is 21.2. The minimum Gasteiger partial charge on any atom is -0.368 e. The predicted molar refractivity (Wildman–Crippen MR) is 120 cm³/mol. The molecule has 0 aliphatic carbocycles. The first-order valence-corrected chi connectivity index (χ1v) is 11.0. The van der Waals surface area contributed by atoms with Crippen molar-refractivity contribution in [2.45, 2.75) is 39.3 Å². The Morgan fingerprint density at radius 2 is 1.94 bits per heavy atom. The molecule has 0 bridgehead atoms. The van der Waals surface area contributed by atoms with E-state index in [-0.39, 0.29) is 12.0 Å². The Balaban J connectivity index is 1.37. The number of carbonyl (C=O) groups is 1. The molecular formula is C23H32N6O2. The van der Waals surface area contributed by atoms with Crippen LogP contribution in [0.4, 0.5) is 0 Å². The van der Waals surface area contributed by atoms with Crippen LogP contribution >= 0.6 is 0 Å². The van der Waals surface area contributed by atoms with Gasteiger partial charge in [0.2, 0.25) is 0 Å². The number of amides is 1. The first-order chi connectivity index (χ1) is 15.1. The smallest absolute Gasteiger partial charge is 0.251 e. The van der Waals surface area contributed by atoms with Gasteiger partial charge in [0, 0.05) is 52.1 Å². The molecule has 1 amide bonds. The lowest BCUT2D eigenvalue weighted by Gasteiger charge is -2.37. The number of para-hydroxylation sites is 1. The number of hydrogen-bond donors (Lipinski definition) is 1. The van der Waals surface area contributed by atoms with Crippen LogP contribution in [0, 0.1) is 13.8 Å². The first-order valence-electron chi connectivity index (χ1n) is 11.0. The number of ether oxygens (including phenoxy) is 1. The lowest BCUT2D eigenvalue weighted by atomic mass is 10.1. The molecule has 2 saturated heterocycles. The molecular weight excluding hydrogens is 392 g/mol. The lowest BCUT2D eigenvalue weighted by molar-refractivity contribution is -0.142. The Hall–Kier alpha value is -2.87. The van der Waals surface area contributed by atoms with Crippen LogP contribution in [0.3, 0.4) is 0 Å². The molecule has 1 aromatic heterocycles. The Kier molecular flexibility index (Phi) is 6.56. The highest BCUT2D eigenvalue weighted by atomic mass is 16.5. The summed E-state index contributed by atoms with van der Waals surface area (Å²) in [6.07, 6.45) is 1.58. The summed E-state index contributed by atoms with van der Waals surface area (Å²) in [6.45, 7) is 8.34. The topological polar surface area (TPSA) is 75.0 Å². The van der Waals surface area contributed by atoms with E-state index in [1.807, 2.05) is 28.6 Å². The molecule has 8 heteroatoms. The SMILES string of the molecule is CN=C(NCc1ccccc1-n1nc(C)cc1C)N1CCN(C(=O)C2CCCO2)CC1. The van der Waals surface area contributed by atoms with Gasteiger partial charge in [-0.2, -0.15) is 5.10 Å². The molecule has 2 fully saturated rings. The van der Waals surface area contributed by atoms with Gasteiger partial charge in [0.05, 0.1) is 11.4 Å². The molecule has 0 saturated carbocycles. The molecule has 1 unspecified atom stereocenters. The molecule has 2 aliphatic heterocycles. The summed E-state index contributed by atoms with van der Waals surface area (Å²) in [6, 6.07) is 10.4. The minimum absolute atomic E-state index is 0.138. The van der Waals surface area contributed by atoms with Crippen molar-refractivity contribution in [1.29, 1.82) is 0 Å². The van der Waals surface area contributed by atoms with Crippen molar-refractivity contribution in [1.82, 2.24) is 24.9 Å². The number of benzene rings is 1. The highest BCUT2D eigenvalue weighted by molar-refractivity contribution is 5.82. The van der Waals surface area contributed by atoms with Crippen molar-refractivity contribution in [3.8, 4) is 5.69 Å². The van der Waals surface area contributed by atoms with Crippen LogP contribution in [0.15, 0.2) is 35.3 Å². The van der Waals surface area contributed by atoms with E-state index in [1.165, 1.54) is 0 Å². The van der Waals surface area contributed by atoms with E-state index in [0.29, 0.717) is 26.2 Å². The van der Waals surface area contributed by atoms with Crippen molar-refractivity contribution in [2.75, 3.05) is 39.8 Å². The summed E-state index contributed by atoms with van der Waals surface area (Å²) < 4.78 is 7.55. The number of nitrogens with zero attached hydrogens (tertiary/aromatic N) is 5. The van der Waals surface area contributed by atoms with Gasteiger partial charge in [0.1, 0.15) is 6.10 Å². The fraction of sp³-hybridized carbons (Fsp3) is 0.522. The molecule has 2 aliphatic rings. The molecule has 3 heterocycles. The molecule has 0 spiro atoms. The number of carbonyl (C=O) groups excluding carboxylic acids is 1. The van der Waals surface area contributed by atoms with Crippen LogP contribution < -0.4 is 5.32 Å². The predicted octanol–water partition coefficient (Wildman–Crippen LogP) is 1.89. The normalized spacial score (nSPS) is 19.7. The summed E-state index contributed by atoms with van der Waals surface area (Å²) in [5.41, 5.74) is 4.35. The zero-order valence-electron chi connectivity index (χ0n) is 18.7. The first kappa shape index (κ1) is 21.4. The Labute approximate surface area is 183 Å². The fourth-order valence-electron chi connectivity index (χ4n) is 4.36. The van der Waals surface area contributed by atoms with Gasteiger partial charge in [-0.15, -0.1) is 0 Å². The zero-order valence-corrected chi connectivity index (χ0v) is 18.7. The van der Waals surface area contributed by atoms with Crippen molar-refractivity contribution < 1.29 is 9.53 Å². The van der Waals surface area contributed by atoms with Crippen LogP contribution in [0.5, 0.6) is 0 Å². The molecule has 0 radical (unpaired) electrons. The van der Waals surface area contributed by atoms with E-state index in [4.69, 9.17) is 4.74 Å². The number of aromatic nitrogens is 2. The Morgan fingerprint density at radius 1 is 1.19 bits per heavy atom. The number of aliphatic imine (C=N–C) groups is 1. The number of piperazine rings is 1. The largest absolute Gasteiger partial charge is 0.368 e. The molecule has 1 aromatic carbocycles. The van der Waals surface area contributed by atoms with Gasteiger partial charge in [0.25, 0.3) is 5.91 Å². The van der Waals surface area contributed by atoms with Crippen LogP contribution in [0.2, 0.25) is 0 Å². The minimum atomic E-state index is -0.241. The third kappa shape index (κ3) is 4.74. The van der Waals surface area contributed by atoms with E-state index in [1.54, 1.807) is 7.05 Å². The molecule has 1 N–H and O–H groups in total. The third-order valence-electron chi connectivity index (χ3n) is 5.97. The van der Waals surface area contributed by atoms with E-state index in [2.05, 4.69) is 45.4 Å². The van der Waals surface area contributed by atoms with Crippen LogP contribution in [0.25, 0.3) is 5.69 Å². The standard InChI is InChI=1S/C23H32N6O2/c1-17-15-18(2)29(26-17)20-8-5-4-7-19(20)16-25-23(24-3)28-12-10-27(11-13-28)22(30)21-9-6-14-31-21/h4-5,7-8,15,21H,6,9-14,16H2,1-3H3,(H,24,25). The molecule has 1 atom stereocenters. The van der Waals surface area contributed by atoms with E-state index < -0.39 is 0 Å². The molecule has 2 aromatic rings. The lowest BCUT2D eigenvalue weighted by Crippen LogP contribution is -2.55. The van der Waals surface area contributed by atoms with Crippen LogP contribution in [-0.4, -0.2) is 77.4 Å². The van der Waals surface area contributed by atoms with Crippen molar-refractivity contribution >= 4 is 11.9 Å². The summed E-state index contributed by atoms with van der Waals surface area (Å²) >= 11 is 0. The van der Waals surface area contributed by atoms with Gasteiger partial charge in [-0.1, -0.05) is 18.2 Å². The maximum atomic E-state index is 12.6.